The number of nitrogens with one attached hydrogen (secondary N) is 1. The van der Waals surface area contributed by atoms with Crippen molar-refractivity contribution in [2.75, 3.05) is 26.9 Å². The maximum absolute atomic E-state index is 13.7. The van der Waals surface area contributed by atoms with E-state index in [1.165, 1.54) is 30.2 Å². The van der Waals surface area contributed by atoms with Crippen molar-refractivity contribution in [3.63, 3.8) is 0 Å². The van der Waals surface area contributed by atoms with Gasteiger partial charge in [0.05, 0.1) is 18.2 Å². The maximum Gasteiger partial charge on any atom is 0.338 e. The highest BCUT2D eigenvalue weighted by Gasteiger charge is 2.36. The first-order valence-corrected chi connectivity index (χ1v) is 8.75. The van der Waals surface area contributed by atoms with E-state index in [0.717, 1.165) is 0 Å². The Labute approximate surface area is 161 Å². The number of benzene rings is 1. The Morgan fingerprint density at radius 1 is 1.32 bits per heavy atom. The Morgan fingerprint density at radius 2 is 2.07 bits per heavy atom. The van der Waals surface area contributed by atoms with Gasteiger partial charge in [0.1, 0.15) is 12.4 Å². The molecule has 0 saturated carbocycles. The van der Waals surface area contributed by atoms with Crippen molar-refractivity contribution in [3.8, 4) is 0 Å². The second-order valence-corrected chi connectivity index (χ2v) is 6.19. The molecule has 1 atom stereocenters. The van der Waals surface area contributed by atoms with Gasteiger partial charge in [-0.1, -0.05) is 12.1 Å². The first-order valence-electron chi connectivity index (χ1n) is 8.75. The van der Waals surface area contributed by atoms with Crippen molar-refractivity contribution < 1.29 is 33.4 Å². The summed E-state index contributed by atoms with van der Waals surface area (Å²) in [6.45, 7) is 1.86. The van der Waals surface area contributed by atoms with Gasteiger partial charge in [0, 0.05) is 25.3 Å². The number of halogens is 1. The molecule has 0 aliphatic carbocycles. The number of carboxylic acid groups (broad SMARTS) is 1. The SMILES string of the molecule is COCCOC(=O)C1=C(C)N(CCCC(=O)[O-])C(=O)N[C@@H]1c1cccc(F)c1. The first-order chi connectivity index (χ1) is 13.3. The number of allylic oxidation sites excluding steroid dienone is 1. The zero-order valence-electron chi connectivity index (χ0n) is 15.7. The Hall–Kier alpha value is -2.94. The van der Waals surface area contributed by atoms with E-state index in [9.17, 15) is 23.9 Å². The van der Waals surface area contributed by atoms with E-state index in [-0.39, 0.29) is 38.2 Å². The lowest BCUT2D eigenvalue weighted by Gasteiger charge is -2.35. The second-order valence-electron chi connectivity index (χ2n) is 6.19. The lowest BCUT2D eigenvalue weighted by molar-refractivity contribution is -0.305. The van der Waals surface area contributed by atoms with E-state index < -0.39 is 29.8 Å². The quantitative estimate of drug-likeness (QED) is 0.493. The van der Waals surface area contributed by atoms with Crippen molar-refractivity contribution in [2.24, 2.45) is 0 Å². The predicted octanol–water partition coefficient (Wildman–Crippen LogP) is 0.886. The largest absolute Gasteiger partial charge is 0.550 e. The molecule has 0 radical (unpaired) electrons. The minimum Gasteiger partial charge on any atom is -0.550 e. The molecule has 2 rings (SSSR count). The third-order valence-electron chi connectivity index (χ3n) is 4.28. The number of carboxylic acids is 1. The summed E-state index contributed by atoms with van der Waals surface area (Å²) in [5.41, 5.74) is 0.856. The molecule has 152 valence electrons. The molecule has 0 unspecified atom stereocenters. The Balaban J connectivity index is 2.36. The molecule has 0 saturated heterocycles. The van der Waals surface area contributed by atoms with E-state index in [1.807, 2.05) is 0 Å². The summed E-state index contributed by atoms with van der Waals surface area (Å²) in [5.74, 6) is -2.41. The summed E-state index contributed by atoms with van der Waals surface area (Å²) in [7, 11) is 1.47. The van der Waals surface area contributed by atoms with Crippen LogP contribution < -0.4 is 10.4 Å². The third kappa shape index (κ3) is 5.29. The molecule has 1 aliphatic rings. The maximum atomic E-state index is 13.7. The molecule has 1 N–H and O–H groups in total. The van der Waals surface area contributed by atoms with Crippen LogP contribution in [0.5, 0.6) is 0 Å². The molecule has 9 heteroatoms. The van der Waals surface area contributed by atoms with Crippen LogP contribution in [0.25, 0.3) is 0 Å². The predicted molar refractivity (Wildman–Crippen MR) is 94.2 cm³/mol. The Morgan fingerprint density at radius 3 is 2.71 bits per heavy atom. The highest BCUT2D eigenvalue weighted by Crippen LogP contribution is 2.31. The summed E-state index contributed by atoms with van der Waals surface area (Å²) >= 11 is 0. The summed E-state index contributed by atoms with van der Waals surface area (Å²) in [5, 5.41) is 13.3. The molecule has 0 fully saturated rings. The van der Waals surface area contributed by atoms with Crippen molar-refractivity contribution in [1.29, 1.82) is 0 Å². The van der Waals surface area contributed by atoms with Crippen molar-refractivity contribution >= 4 is 18.0 Å². The topological polar surface area (TPSA) is 108 Å². The van der Waals surface area contributed by atoms with Gasteiger partial charge in [-0.15, -0.1) is 0 Å². The molecule has 0 bridgehead atoms. The van der Waals surface area contributed by atoms with E-state index in [2.05, 4.69) is 5.32 Å². The summed E-state index contributed by atoms with van der Waals surface area (Å²) in [6.07, 6.45) is -0.0677. The third-order valence-corrected chi connectivity index (χ3v) is 4.28. The summed E-state index contributed by atoms with van der Waals surface area (Å²) in [4.78, 5) is 37.1. The number of hydrogen-bond donors (Lipinski definition) is 1. The highest BCUT2D eigenvalue weighted by molar-refractivity contribution is 5.95. The van der Waals surface area contributed by atoms with Crippen LogP contribution in [-0.2, 0) is 19.1 Å². The number of carbonyl (C=O) groups excluding carboxylic acids is 3. The van der Waals surface area contributed by atoms with Crippen LogP contribution in [0.1, 0.15) is 31.4 Å². The number of amides is 2. The van der Waals surface area contributed by atoms with Gasteiger partial charge in [-0.05, 0) is 37.5 Å². The lowest BCUT2D eigenvalue weighted by atomic mass is 9.94. The fraction of sp³-hybridized carbons (Fsp3) is 0.421. The van der Waals surface area contributed by atoms with Crippen LogP contribution in [0.3, 0.4) is 0 Å². The van der Waals surface area contributed by atoms with Gasteiger partial charge in [0.25, 0.3) is 0 Å². The van der Waals surface area contributed by atoms with Crippen molar-refractivity contribution in [2.45, 2.75) is 25.8 Å². The van der Waals surface area contributed by atoms with Crippen LogP contribution >= 0.6 is 0 Å². The molecule has 1 aromatic rings. The smallest absolute Gasteiger partial charge is 0.338 e. The monoisotopic (exact) mass is 393 g/mol. The second kappa shape index (κ2) is 9.84. The van der Waals surface area contributed by atoms with E-state index in [4.69, 9.17) is 9.47 Å². The number of hydrogen-bond acceptors (Lipinski definition) is 6. The van der Waals surface area contributed by atoms with E-state index >= 15 is 0 Å². The normalized spacial score (nSPS) is 16.8. The standard InChI is InChI=1S/C19H23FN2O6/c1-12-16(18(25)28-10-9-27-2)17(13-5-3-6-14(20)11-13)21-19(26)22(12)8-4-7-15(23)24/h3,5-6,11,17H,4,7-10H2,1-2H3,(H,21,26)(H,23,24)/p-1/t17-/m1/s1. The molecule has 1 aliphatic heterocycles. The molecule has 2 amide bonds. The minimum atomic E-state index is -1.23. The first kappa shape index (κ1) is 21.4. The fourth-order valence-electron chi connectivity index (χ4n) is 2.93. The highest BCUT2D eigenvalue weighted by atomic mass is 19.1. The molecule has 28 heavy (non-hydrogen) atoms. The van der Waals surface area contributed by atoms with Gasteiger partial charge in [-0.2, -0.15) is 0 Å². The number of methoxy groups -OCH3 is 1. The molecule has 8 nitrogen and oxygen atoms in total. The Bertz CT molecular complexity index is 779. The summed E-state index contributed by atoms with van der Waals surface area (Å²) in [6, 6.07) is 4.15. The van der Waals surface area contributed by atoms with Crippen LogP contribution in [-0.4, -0.2) is 49.7 Å². The average Bonchev–Trinajstić information content (AvgIpc) is 2.63. The van der Waals surface area contributed by atoms with E-state index in [1.54, 1.807) is 13.0 Å². The number of esters is 1. The van der Waals surface area contributed by atoms with Gasteiger partial charge in [0.2, 0.25) is 0 Å². The van der Waals surface area contributed by atoms with Crippen LogP contribution in [0, 0.1) is 5.82 Å². The number of rotatable bonds is 9. The van der Waals surface area contributed by atoms with Gasteiger partial charge in [-0.25, -0.2) is 14.0 Å². The number of nitrogens with zero attached hydrogens (tertiary/aromatic N) is 1. The van der Waals surface area contributed by atoms with Crippen molar-refractivity contribution in [3.05, 3.63) is 46.9 Å². The average molecular weight is 393 g/mol. The van der Waals surface area contributed by atoms with Gasteiger partial charge in [-0.3, -0.25) is 4.90 Å². The van der Waals surface area contributed by atoms with Crippen molar-refractivity contribution in [1.82, 2.24) is 10.2 Å². The van der Waals surface area contributed by atoms with Crippen LogP contribution in [0.4, 0.5) is 9.18 Å². The minimum absolute atomic E-state index is 0.0145. The summed E-state index contributed by atoms with van der Waals surface area (Å²) < 4.78 is 23.7. The Kier molecular flexibility index (Phi) is 7.51. The molecule has 0 spiro atoms. The number of ether oxygens (including phenoxy) is 2. The van der Waals surface area contributed by atoms with Crippen LogP contribution in [0.15, 0.2) is 35.5 Å². The number of aliphatic carboxylic acids is 1. The van der Waals surface area contributed by atoms with Gasteiger partial charge >= 0.3 is 12.0 Å². The van der Waals surface area contributed by atoms with Gasteiger partial charge in [0.15, 0.2) is 0 Å². The van der Waals surface area contributed by atoms with E-state index in [0.29, 0.717) is 11.3 Å². The molecule has 1 aromatic carbocycles. The molecular weight excluding hydrogens is 371 g/mol. The number of urea groups is 1. The number of carbonyl (C=O) groups is 3. The lowest BCUT2D eigenvalue weighted by Crippen LogP contribution is -2.48. The fourth-order valence-corrected chi connectivity index (χ4v) is 2.93. The van der Waals surface area contributed by atoms with Gasteiger partial charge < -0.3 is 24.7 Å². The van der Waals surface area contributed by atoms with Crippen LogP contribution in [0.2, 0.25) is 0 Å². The molecular formula is C19H22FN2O6-. The molecule has 1 heterocycles. The zero-order chi connectivity index (χ0) is 20.7. The molecule has 0 aromatic heterocycles. The zero-order valence-corrected chi connectivity index (χ0v) is 15.7.